The van der Waals surface area contributed by atoms with Crippen molar-refractivity contribution in [1.29, 1.82) is 5.26 Å². The maximum absolute atomic E-state index is 12.8. The summed E-state index contributed by atoms with van der Waals surface area (Å²) in [5.74, 6) is 0.623. The van der Waals surface area contributed by atoms with Crippen LogP contribution in [0.3, 0.4) is 0 Å². The summed E-state index contributed by atoms with van der Waals surface area (Å²) in [7, 11) is -7.58. The molecule has 1 aliphatic rings. The fourth-order valence-electron chi connectivity index (χ4n) is 3.09. The van der Waals surface area contributed by atoms with E-state index < -0.39 is 20.0 Å². The van der Waals surface area contributed by atoms with Gasteiger partial charge in [-0.1, -0.05) is 6.07 Å². The Balaban J connectivity index is 1.52. The van der Waals surface area contributed by atoms with Crippen LogP contribution in [0.2, 0.25) is 0 Å². The average Bonchev–Trinajstić information content (AvgIpc) is 2.74. The second-order valence-electron chi connectivity index (χ2n) is 6.75. The van der Waals surface area contributed by atoms with Crippen molar-refractivity contribution in [2.45, 2.75) is 9.79 Å². The SMILES string of the molecule is N#Cc1cccc(OCCN2CCN(S(=O)(=O)c3ccc(S(N)(=O)=O)cc3)CC2)c1. The quantitative estimate of drug-likeness (QED) is 0.652. The van der Waals surface area contributed by atoms with Gasteiger partial charge in [-0.15, -0.1) is 0 Å². The van der Waals surface area contributed by atoms with Gasteiger partial charge in [0.25, 0.3) is 0 Å². The van der Waals surface area contributed by atoms with Gasteiger partial charge in [0.1, 0.15) is 12.4 Å². The van der Waals surface area contributed by atoms with Gasteiger partial charge in [0, 0.05) is 32.7 Å². The summed E-state index contributed by atoms with van der Waals surface area (Å²) in [5, 5.41) is 14.0. The van der Waals surface area contributed by atoms with Gasteiger partial charge in [0.2, 0.25) is 20.0 Å². The second-order valence-corrected chi connectivity index (χ2v) is 10.2. The molecule has 0 radical (unpaired) electrons. The van der Waals surface area contributed by atoms with Crippen LogP contribution in [0.1, 0.15) is 5.56 Å². The maximum atomic E-state index is 12.8. The predicted octanol–water partition coefficient (Wildman–Crippen LogP) is 0.591. The molecular weight excluding hydrogens is 428 g/mol. The minimum Gasteiger partial charge on any atom is -0.492 e. The standard InChI is InChI=1S/C19H22N4O5S2/c20-15-16-2-1-3-17(14-16)28-13-12-22-8-10-23(11-9-22)30(26,27)19-6-4-18(5-7-19)29(21,24)25/h1-7,14H,8-13H2,(H2,21,24,25). The molecule has 0 amide bonds. The lowest BCUT2D eigenvalue weighted by molar-refractivity contribution is 0.159. The number of nitrogens with two attached hydrogens (primary N) is 1. The highest BCUT2D eigenvalue weighted by molar-refractivity contribution is 7.89. The zero-order valence-corrected chi connectivity index (χ0v) is 17.8. The van der Waals surface area contributed by atoms with Crippen LogP contribution < -0.4 is 9.88 Å². The van der Waals surface area contributed by atoms with Crippen LogP contribution in [0.25, 0.3) is 0 Å². The lowest BCUT2D eigenvalue weighted by atomic mass is 10.2. The average molecular weight is 451 g/mol. The molecule has 2 aromatic carbocycles. The molecule has 0 aliphatic carbocycles. The predicted molar refractivity (Wildman–Crippen MR) is 110 cm³/mol. The highest BCUT2D eigenvalue weighted by Gasteiger charge is 2.28. The summed E-state index contributed by atoms with van der Waals surface area (Å²) in [6, 6.07) is 13.9. The highest BCUT2D eigenvalue weighted by Crippen LogP contribution is 2.19. The Morgan fingerprint density at radius 1 is 0.967 bits per heavy atom. The van der Waals surface area contributed by atoms with Crippen molar-refractivity contribution in [1.82, 2.24) is 9.21 Å². The Morgan fingerprint density at radius 2 is 1.60 bits per heavy atom. The van der Waals surface area contributed by atoms with Crippen LogP contribution in [0.5, 0.6) is 5.75 Å². The number of primary sulfonamides is 1. The van der Waals surface area contributed by atoms with Gasteiger partial charge in [0.05, 0.1) is 21.4 Å². The van der Waals surface area contributed by atoms with E-state index in [1.807, 2.05) is 0 Å². The number of hydrogen-bond acceptors (Lipinski definition) is 7. The summed E-state index contributed by atoms with van der Waals surface area (Å²) < 4.78 is 55.3. The molecule has 1 aliphatic heterocycles. The second kappa shape index (κ2) is 9.11. The molecule has 1 saturated heterocycles. The lowest BCUT2D eigenvalue weighted by Gasteiger charge is -2.33. The first-order valence-electron chi connectivity index (χ1n) is 9.18. The molecular formula is C19H22N4O5S2. The first-order chi connectivity index (χ1) is 14.2. The third kappa shape index (κ3) is 5.35. The van der Waals surface area contributed by atoms with Crippen LogP contribution in [0.15, 0.2) is 58.3 Å². The van der Waals surface area contributed by atoms with Crippen molar-refractivity contribution >= 4 is 20.0 Å². The lowest BCUT2D eigenvalue weighted by Crippen LogP contribution is -2.49. The smallest absolute Gasteiger partial charge is 0.243 e. The summed E-state index contributed by atoms with van der Waals surface area (Å²) >= 11 is 0. The molecule has 9 nitrogen and oxygen atoms in total. The van der Waals surface area contributed by atoms with Crippen molar-refractivity contribution in [3.05, 3.63) is 54.1 Å². The number of ether oxygens (including phenoxy) is 1. The van der Waals surface area contributed by atoms with Gasteiger partial charge in [-0.2, -0.15) is 9.57 Å². The van der Waals surface area contributed by atoms with E-state index in [-0.39, 0.29) is 9.79 Å². The van der Waals surface area contributed by atoms with Crippen LogP contribution in [-0.4, -0.2) is 65.4 Å². The van der Waals surface area contributed by atoms with Crippen LogP contribution in [0.4, 0.5) is 0 Å². The molecule has 160 valence electrons. The highest BCUT2D eigenvalue weighted by atomic mass is 32.2. The van der Waals surface area contributed by atoms with Crippen molar-refractivity contribution in [2.24, 2.45) is 5.14 Å². The van der Waals surface area contributed by atoms with Crippen molar-refractivity contribution in [3.63, 3.8) is 0 Å². The normalized spacial score (nSPS) is 16.1. The van der Waals surface area contributed by atoms with E-state index in [2.05, 4.69) is 11.0 Å². The van der Waals surface area contributed by atoms with Gasteiger partial charge < -0.3 is 4.74 Å². The Labute approximate surface area is 176 Å². The molecule has 2 aromatic rings. The number of hydrogen-bond donors (Lipinski definition) is 1. The van der Waals surface area contributed by atoms with E-state index >= 15 is 0 Å². The van der Waals surface area contributed by atoms with Gasteiger partial charge in [-0.05, 0) is 42.5 Å². The van der Waals surface area contributed by atoms with Crippen LogP contribution in [-0.2, 0) is 20.0 Å². The van der Waals surface area contributed by atoms with Crippen molar-refractivity contribution < 1.29 is 21.6 Å². The van der Waals surface area contributed by atoms with Crippen molar-refractivity contribution in [3.8, 4) is 11.8 Å². The Kier molecular flexibility index (Phi) is 6.74. The van der Waals surface area contributed by atoms with E-state index in [4.69, 9.17) is 15.1 Å². The van der Waals surface area contributed by atoms with E-state index in [0.717, 1.165) is 0 Å². The topological polar surface area (TPSA) is 134 Å². The first kappa shape index (κ1) is 22.2. The minimum absolute atomic E-state index is 0.0315. The molecule has 0 spiro atoms. The van der Waals surface area contributed by atoms with Gasteiger partial charge in [-0.25, -0.2) is 22.0 Å². The summed E-state index contributed by atoms with van der Waals surface area (Å²) in [6.07, 6.45) is 0. The van der Waals surface area contributed by atoms with E-state index in [1.54, 1.807) is 24.3 Å². The van der Waals surface area contributed by atoms with E-state index in [9.17, 15) is 16.8 Å². The minimum atomic E-state index is -3.87. The maximum Gasteiger partial charge on any atom is 0.243 e. The molecule has 3 rings (SSSR count). The molecule has 2 N–H and O–H groups in total. The molecule has 11 heteroatoms. The molecule has 1 fully saturated rings. The van der Waals surface area contributed by atoms with Gasteiger partial charge >= 0.3 is 0 Å². The molecule has 30 heavy (non-hydrogen) atoms. The number of nitriles is 1. The van der Waals surface area contributed by atoms with E-state index in [1.165, 1.54) is 28.6 Å². The summed E-state index contributed by atoms with van der Waals surface area (Å²) in [5.41, 5.74) is 0.531. The van der Waals surface area contributed by atoms with E-state index in [0.29, 0.717) is 50.6 Å². The third-order valence-electron chi connectivity index (χ3n) is 4.76. The van der Waals surface area contributed by atoms with Crippen LogP contribution >= 0.6 is 0 Å². The zero-order chi connectivity index (χ0) is 21.8. The fraction of sp³-hybridized carbons (Fsp3) is 0.316. The molecule has 0 unspecified atom stereocenters. The number of rotatable bonds is 7. The number of nitrogens with zero attached hydrogens (tertiary/aromatic N) is 3. The number of benzene rings is 2. The number of sulfonamides is 2. The Bertz CT molecular complexity index is 1130. The Hall–Kier alpha value is -2.49. The van der Waals surface area contributed by atoms with Crippen molar-refractivity contribution in [2.75, 3.05) is 39.3 Å². The summed E-state index contributed by atoms with van der Waals surface area (Å²) in [6.45, 7) is 2.81. The molecule has 1 heterocycles. The van der Waals surface area contributed by atoms with Crippen LogP contribution in [0, 0.1) is 11.3 Å². The van der Waals surface area contributed by atoms with Gasteiger partial charge in [-0.3, -0.25) is 4.90 Å². The van der Waals surface area contributed by atoms with Gasteiger partial charge in [0.15, 0.2) is 0 Å². The zero-order valence-electron chi connectivity index (χ0n) is 16.1. The molecule has 0 saturated carbocycles. The fourth-order valence-corrected chi connectivity index (χ4v) is 5.03. The Morgan fingerprint density at radius 3 is 2.20 bits per heavy atom. The molecule has 0 aromatic heterocycles. The monoisotopic (exact) mass is 450 g/mol. The first-order valence-corrected chi connectivity index (χ1v) is 12.2. The molecule has 0 bridgehead atoms. The third-order valence-corrected chi connectivity index (χ3v) is 7.60. The number of piperazine rings is 1. The largest absolute Gasteiger partial charge is 0.492 e. The summed E-state index contributed by atoms with van der Waals surface area (Å²) in [4.78, 5) is 2.00. The molecule has 0 atom stereocenters.